The highest BCUT2D eigenvalue weighted by Gasteiger charge is 2.19. The molecule has 15 heavy (non-hydrogen) atoms. The monoisotopic (exact) mass is 223 g/mol. The van der Waals surface area contributed by atoms with Crippen molar-refractivity contribution in [3.63, 3.8) is 0 Å². The fourth-order valence-corrected chi connectivity index (χ4v) is 1.74. The quantitative estimate of drug-likeness (QED) is 0.578. The number of thiol groups is 1. The Hall–Kier alpha value is -0.470. The number of rotatable bonds is 5. The molecule has 0 fully saturated rings. The summed E-state index contributed by atoms with van der Waals surface area (Å²) in [7, 11) is 0. The lowest BCUT2D eigenvalue weighted by Crippen LogP contribution is -2.33. The van der Waals surface area contributed by atoms with Gasteiger partial charge in [-0.05, 0) is 12.5 Å². The number of hydrogen-bond donors (Lipinski definition) is 2. The molecule has 0 unspecified atom stereocenters. The van der Waals surface area contributed by atoms with Gasteiger partial charge in [-0.3, -0.25) is 0 Å². The first-order valence-corrected chi connectivity index (χ1v) is 6.08. The fourth-order valence-electron chi connectivity index (χ4n) is 1.59. The summed E-state index contributed by atoms with van der Waals surface area (Å²) in [6.45, 7) is 8.62. The maximum atomic E-state index is 4.19. The van der Waals surface area contributed by atoms with Gasteiger partial charge in [-0.25, -0.2) is 0 Å². The van der Waals surface area contributed by atoms with Gasteiger partial charge in [0, 0.05) is 24.3 Å². The lowest BCUT2D eigenvalue weighted by atomic mass is 9.84. The minimum Gasteiger partial charge on any atom is -0.315 e. The van der Waals surface area contributed by atoms with Crippen LogP contribution in [0.15, 0.2) is 24.3 Å². The second-order valence-corrected chi connectivity index (χ2v) is 5.10. The number of benzene rings is 1. The van der Waals surface area contributed by atoms with Crippen LogP contribution in [0.5, 0.6) is 0 Å². The minimum absolute atomic E-state index is 0.191. The molecule has 0 amide bonds. The third-order valence-corrected chi connectivity index (χ3v) is 2.91. The van der Waals surface area contributed by atoms with Crippen LogP contribution in [0, 0.1) is 6.92 Å². The van der Waals surface area contributed by atoms with Crippen LogP contribution in [0.25, 0.3) is 0 Å². The molecule has 2 heteroatoms. The minimum atomic E-state index is 0.191. The Kier molecular flexibility index (Phi) is 4.68. The molecule has 0 heterocycles. The summed E-state index contributed by atoms with van der Waals surface area (Å²) in [6.07, 6.45) is 0. The van der Waals surface area contributed by atoms with E-state index in [1.54, 1.807) is 0 Å². The van der Waals surface area contributed by atoms with Gasteiger partial charge in [0.05, 0.1) is 0 Å². The lowest BCUT2D eigenvalue weighted by molar-refractivity contribution is 0.479. The molecule has 0 saturated carbocycles. The molecule has 1 N–H and O–H groups in total. The summed E-state index contributed by atoms with van der Waals surface area (Å²) in [6, 6.07) is 8.79. The molecule has 0 aliphatic rings. The summed E-state index contributed by atoms with van der Waals surface area (Å²) in [5, 5.41) is 3.41. The van der Waals surface area contributed by atoms with E-state index < -0.39 is 0 Å². The second-order valence-electron chi connectivity index (χ2n) is 4.65. The van der Waals surface area contributed by atoms with Crippen LogP contribution in [0.1, 0.15) is 25.0 Å². The molecule has 84 valence electrons. The highest BCUT2D eigenvalue weighted by molar-refractivity contribution is 7.80. The highest BCUT2D eigenvalue weighted by atomic mass is 32.1. The summed E-state index contributed by atoms with van der Waals surface area (Å²) in [4.78, 5) is 0. The zero-order valence-corrected chi connectivity index (χ0v) is 10.8. The molecule has 1 rings (SSSR count). The van der Waals surface area contributed by atoms with E-state index in [0.29, 0.717) is 0 Å². The molecule has 0 radical (unpaired) electrons. The van der Waals surface area contributed by atoms with Gasteiger partial charge in [0.2, 0.25) is 0 Å². The van der Waals surface area contributed by atoms with Crippen molar-refractivity contribution in [3.8, 4) is 0 Å². The lowest BCUT2D eigenvalue weighted by Gasteiger charge is -2.25. The van der Waals surface area contributed by atoms with E-state index in [2.05, 4.69) is 63.0 Å². The van der Waals surface area contributed by atoms with Crippen LogP contribution in [-0.2, 0) is 5.41 Å². The van der Waals surface area contributed by atoms with Crippen molar-refractivity contribution in [2.75, 3.05) is 18.8 Å². The normalized spacial score (nSPS) is 11.7. The Morgan fingerprint density at radius 3 is 2.33 bits per heavy atom. The Bertz CT molecular complexity index is 290. The van der Waals surface area contributed by atoms with Crippen LogP contribution in [0.2, 0.25) is 0 Å². The van der Waals surface area contributed by atoms with E-state index in [1.807, 2.05) is 0 Å². The van der Waals surface area contributed by atoms with Crippen LogP contribution in [0.4, 0.5) is 0 Å². The van der Waals surface area contributed by atoms with Gasteiger partial charge in [-0.2, -0.15) is 12.6 Å². The van der Waals surface area contributed by atoms with Gasteiger partial charge >= 0.3 is 0 Å². The Labute approximate surface area is 98.7 Å². The number of aryl methyl sites for hydroxylation is 1. The van der Waals surface area contributed by atoms with E-state index in [1.165, 1.54) is 11.1 Å². The predicted octanol–water partition coefficient (Wildman–Crippen LogP) is 2.79. The first-order chi connectivity index (χ1) is 7.06. The average molecular weight is 223 g/mol. The third-order valence-electron chi connectivity index (χ3n) is 2.69. The molecule has 0 bridgehead atoms. The van der Waals surface area contributed by atoms with Crippen molar-refractivity contribution in [2.45, 2.75) is 26.2 Å². The highest BCUT2D eigenvalue weighted by Crippen LogP contribution is 2.22. The van der Waals surface area contributed by atoms with Gasteiger partial charge in [-0.1, -0.05) is 43.7 Å². The Morgan fingerprint density at radius 2 is 1.80 bits per heavy atom. The summed E-state index contributed by atoms with van der Waals surface area (Å²) in [5.74, 6) is 0.893. The SMILES string of the molecule is Cc1ccc(C(C)(C)CNCCS)cc1. The smallest absolute Gasteiger partial charge is 0.00435 e. The van der Waals surface area contributed by atoms with Gasteiger partial charge < -0.3 is 5.32 Å². The summed E-state index contributed by atoms with van der Waals surface area (Å²) < 4.78 is 0. The van der Waals surface area contributed by atoms with E-state index in [4.69, 9.17) is 0 Å². The van der Waals surface area contributed by atoms with Crippen LogP contribution in [0.3, 0.4) is 0 Å². The van der Waals surface area contributed by atoms with Crippen molar-refractivity contribution in [1.29, 1.82) is 0 Å². The van der Waals surface area contributed by atoms with Crippen molar-refractivity contribution in [2.24, 2.45) is 0 Å². The average Bonchev–Trinajstić information content (AvgIpc) is 2.18. The topological polar surface area (TPSA) is 12.0 Å². The van der Waals surface area contributed by atoms with Gasteiger partial charge in [0.15, 0.2) is 0 Å². The van der Waals surface area contributed by atoms with Gasteiger partial charge in [0.25, 0.3) is 0 Å². The van der Waals surface area contributed by atoms with Gasteiger partial charge in [0.1, 0.15) is 0 Å². The van der Waals surface area contributed by atoms with Crippen LogP contribution >= 0.6 is 12.6 Å². The Morgan fingerprint density at radius 1 is 1.20 bits per heavy atom. The molecular formula is C13H21NS. The maximum Gasteiger partial charge on any atom is 0.00435 e. The van der Waals surface area contributed by atoms with E-state index >= 15 is 0 Å². The Balaban J connectivity index is 2.63. The van der Waals surface area contributed by atoms with Crippen LogP contribution in [-0.4, -0.2) is 18.8 Å². The van der Waals surface area contributed by atoms with Crippen molar-refractivity contribution < 1.29 is 0 Å². The van der Waals surface area contributed by atoms with E-state index in [-0.39, 0.29) is 5.41 Å². The molecule has 0 aromatic heterocycles. The van der Waals surface area contributed by atoms with Gasteiger partial charge in [-0.15, -0.1) is 0 Å². The third kappa shape index (κ3) is 3.88. The zero-order chi connectivity index (χ0) is 11.3. The molecule has 0 atom stereocenters. The number of nitrogens with one attached hydrogen (secondary N) is 1. The maximum absolute atomic E-state index is 4.19. The van der Waals surface area contributed by atoms with E-state index in [9.17, 15) is 0 Å². The van der Waals surface area contributed by atoms with Crippen molar-refractivity contribution in [3.05, 3.63) is 35.4 Å². The molecule has 1 aromatic rings. The second kappa shape index (κ2) is 5.57. The molecule has 0 aliphatic carbocycles. The van der Waals surface area contributed by atoms with Crippen molar-refractivity contribution in [1.82, 2.24) is 5.32 Å². The zero-order valence-electron chi connectivity index (χ0n) is 9.88. The molecule has 0 aliphatic heterocycles. The molecule has 1 nitrogen and oxygen atoms in total. The first-order valence-electron chi connectivity index (χ1n) is 5.45. The summed E-state index contributed by atoms with van der Waals surface area (Å²) in [5.41, 5.74) is 2.90. The van der Waals surface area contributed by atoms with Crippen molar-refractivity contribution >= 4 is 12.6 Å². The summed E-state index contributed by atoms with van der Waals surface area (Å²) >= 11 is 4.19. The molecular weight excluding hydrogens is 202 g/mol. The molecule has 1 aromatic carbocycles. The largest absolute Gasteiger partial charge is 0.315 e. The molecule has 0 spiro atoms. The standard InChI is InChI=1S/C13H21NS/c1-11-4-6-12(7-5-11)13(2,3)10-14-8-9-15/h4-7,14-15H,8-10H2,1-3H3. The molecule has 0 saturated heterocycles. The predicted molar refractivity (Wildman–Crippen MR) is 70.9 cm³/mol. The first kappa shape index (κ1) is 12.6. The van der Waals surface area contributed by atoms with Crippen LogP contribution < -0.4 is 5.32 Å². The number of hydrogen-bond acceptors (Lipinski definition) is 2. The van der Waals surface area contributed by atoms with E-state index in [0.717, 1.165) is 18.8 Å². The fraction of sp³-hybridized carbons (Fsp3) is 0.538.